The van der Waals surface area contributed by atoms with Gasteiger partial charge in [-0.3, -0.25) is 4.98 Å². The molecule has 1 aliphatic rings. The first-order chi connectivity index (χ1) is 13.0. The second-order valence-corrected chi connectivity index (χ2v) is 9.14. The number of hydrogen-bond donors (Lipinski definition) is 0. The Morgan fingerprint density at radius 3 is 2.52 bits per heavy atom. The average molecular weight is 385 g/mol. The van der Waals surface area contributed by atoms with E-state index in [9.17, 15) is 8.42 Å². The Hall–Kier alpha value is -2.25. The minimum atomic E-state index is -3.54. The van der Waals surface area contributed by atoms with E-state index < -0.39 is 10.0 Å². The van der Waals surface area contributed by atoms with Crippen molar-refractivity contribution in [2.75, 3.05) is 13.1 Å². The van der Waals surface area contributed by atoms with Gasteiger partial charge >= 0.3 is 0 Å². The molecule has 0 N–H and O–H groups in total. The third-order valence-corrected chi connectivity index (χ3v) is 7.41. The molecule has 7 heteroatoms. The van der Waals surface area contributed by atoms with Crippen LogP contribution in [0, 0.1) is 19.8 Å². The van der Waals surface area contributed by atoms with Gasteiger partial charge in [-0.15, -0.1) is 0 Å². The zero-order valence-electron chi connectivity index (χ0n) is 15.7. The second-order valence-electron chi connectivity index (χ2n) is 7.24. The van der Waals surface area contributed by atoms with E-state index in [1.54, 1.807) is 22.6 Å². The lowest BCUT2D eigenvalue weighted by atomic mass is 9.98. The Bertz CT molecular complexity index is 1040. The van der Waals surface area contributed by atoms with Gasteiger partial charge in [-0.05, 0) is 44.7 Å². The van der Waals surface area contributed by atoms with Crippen molar-refractivity contribution in [3.63, 3.8) is 0 Å². The summed E-state index contributed by atoms with van der Waals surface area (Å²) in [5, 5.41) is 0.847. The van der Waals surface area contributed by atoms with Gasteiger partial charge in [-0.25, -0.2) is 13.4 Å². The van der Waals surface area contributed by atoms with E-state index in [-0.39, 0.29) is 0 Å². The predicted molar refractivity (Wildman–Crippen MR) is 105 cm³/mol. The van der Waals surface area contributed by atoms with Crippen molar-refractivity contribution in [1.82, 2.24) is 18.8 Å². The molecule has 1 fully saturated rings. The van der Waals surface area contributed by atoms with E-state index in [0.29, 0.717) is 29.4 Å². The topological polar surface area (TPSA) is 68.1 Å². The lowest BCUT2D eigenvalue weighted by molar-refractivity contribution is 0.251. The summed E-state index contributed by atoms with van der Waals surface area (Å²) < 4.78 is 30.2. The number of aryl methyl sites for hydroxylation is 2. The molecule has 0 bridgehead atoms. The SMILES string of the molecule is Cc1cnc(C)n1CC1CCN(S(=O)(=O)c2cccc3cccnc23)CC1. The highest BCUT2D eigenvalue weighted by atomic mass is 32.2. The summed E-state index contributed by atoms with van der Waals surface area (Å²) in [6.07, 6.45) is 5.24. The number of aromatic nitrogens is 3. The first-order valence-corrected chi connectivity index (χ1v) is 10.7. The molecule has 1 aliphatic heterocycles. The Morgan fingerprint density at radius 1 is 1.07 bits per heavy atom. The molecular weight excluding hydrogens is 360 g/mol. The second kappa shape index (κ2) is 7.05. The summed E-state index contributed by atoms with van der Waals surface area (Å²) in [4.78, 5) is 8.97. The Morgan fingerprint density at radius 2 is 1.81 bits per heavy atom. The van der Waals surface area contributed by atoms with Crippen LogP contribution in [-0.4, -0.2) is 40.3 Å². The highest BCUT2D eigenvalue weighted by Gasteiger charge is 2.31. The van der Waals surface area contributed by atoms with Crippen molar-refractivity contribution in [1.29, 1.82) is 0 Å². The van der Waals surface area contributed by atoms with Crippen LogP contribution in [0.2, 0.25) is 0 Å². The molecule has 3 heterocycles. The van der Waals surface area contributed by atoms with E-state index in [2.05, 4.69) is 21.5 Å². The summed E-state index contributed by atoms with van der Waals surface area (Å²) in [7, 11) is -3.54. The fourth-order valence-corrected chi connectivity index (χ4v) is 5.51. The Kier molecular flexibility index (Phi) is 4.74. The number of benzene rings is 1. The number of rotatable bonds is 4. The summed E-state index contributed by atoms with van der Waals surface area (Å²) in [6.45, 7) is 6.07. The van der Waals surface area contributed by atoms with Gasteiger partial charge in [0.2, 0.25) is 10.0 Å². The zero-order valence-corrected chi connectivity index (χ0v) is 16.5. The van der Waals surface area contributed by atoms with Gasteiger partial charge in [0.25, 0.3) is 0 Å². The van der Waals surface area contributed by atoms with Crippen LogP contribution in [0.25, 0.3) is 10.9 Å². The monoisotopic (exact) mass is 384 g/mol. The number of hydrogen-bond acceptors (Lipinski definition) is 4. The van der Waals surface area contributed by atoms with E-state index in [1.165, 1.54) is 0 Å². The minimum Gasteiger partial charge on any atom is -0.332 e. The fourth-order valence-electron chi connectivity index (χ4n) is 3.87. The molecule has 2 aromatic heterocycles. The molecule has 1 aromatic carbocycles. The molecule has 0 atom stereocenters. The van der Waals surface area contributed by atoms with E-state index in [1.807, 2.05) is 31.3 Å². The van der Waals surface area contributed by atoms with Gasteiger partial charge in [-0.2, -0.15) is 4.31 Å². The molecule has 6 nitrogen and oxygen atoms in total. The molecule has 1 saturated heterocycles. The Balaban J connectivity index is 1.52. The number of pyridine rings is 1. The first kappa shape index (κ1) is 18.1. The van der Waals surface area contributed by atoms with Crippen LogP contribution < -0.4 is 0 Å². The largest absolute Gasteiger partial charge is 0.332 e. The number of piperidine rings is 1. The van der Waals surface area contributed by atoms with Crippen molar-refractivity contribution >= 4 is 20.9 Å². The van der Waals surface area contributed by atoms with Crippen LogP contribution in [0.5, 0.6) is 0 Å². The maximum Gasteiger partial charge on any atom is 0.245 e. The van der Waals surface area contributed by atoms with Crippen LogP contribution in [-0.2, 0) is 16.6 Å². The molecule has 0 unspecified atom stereocenters. The van der Waals surface area contributed by atoms with Crippen LogP contribution in [0.4, 0.5) is 0 Å². The van der Waals surface area contributed by atoms with Gasteiger partial charge in [0.05, 0.1) is 5.52 Å². The molecule has 0 amide bonds. The molecule has 27 heavy (non-hydrogen) atoms. The molecule has 142 valence electrons. The third kappa shape index (κ3) is 3.37. The molecule has 0 radical (unpaired) electrons. The fraction of sp³-hybridized carbons (Fsp3) is 0.400. The summed E-state index contributed by atoms with van der Waals surface area (Å²) >= 11 is 0. The van der Waals surface area contributed by atoms with Crippen molar-refractivity contribution in [2.24, 2.45) is 5.92 Å². The molecule has 4 rings (SSSR count). The third-order valence-electron chi connectivity index (χ3n) is 5.48. The molecule has 3 aromatic rings. The summed E-state index contributed by atoms with van der Waals surface area (Å²) in [6, 6.07) is 9.06. The van der Waals surface area contributed by atoms with Gasteiger partial charge < -0.3 is 4.57 Å². The van der Waals surface area contributed by atoms with Crippen molar-refractivity contribution in [3.8, 4) is 0 Å². The molecule has 0 aliphatic carbocycles. The van der Waals surface area contributed by atoms with Gasteiger partial charge in [0.15, 0.2) is 0 Å². The summed E-state index contributed by atoms with van der Waals surface area (Å²) in [5.41, 5.74) is 1.70. The van der Waals surface area contributed by atoms with E-state index >= 15 is 0 Å². The molecule has 0 spiro atoms. The number of fused-ring (bicyclic) bond motifs is 1. The number of sulfonamides is 1. The smallest absolute Gasteiger partial charge is 0.245 e. The predicted octanol–water partition coefficient (Wildman–Crippen LogP) is 3.15. The van der Waals surface area contributed by atoms with Gasteiger partial charge in [0, 0.05) is 43.1 Å². The lowest BCUT2D eigenvalue weighted by Gasteiger charge is -2.32. The van der Waals surface area contributed by atoms with Crippen LogP contribution in [0.15, 0.2) is 47.6 Å². The number of nitrogens with zero attached hydrogens (tertiary/aromatic N) is 4. The van der Waals surface area contributed by atoms with Crippen molar-refractivity contribution in [2.45, 2.75) is 38.1 Å². The van der Waals surface area contributed by atoms with Crippen molar-refractivity contribution in [3.05, 3.63) is 54.2 Å². The maximum atomic E-state index is 13.2. The first-order valence-electron chi connectivity index (χ1n) is 9.29. The van der Waals surface area contributed by atoms with Gasteiger partial charge in [-0.1, -0.05) is 18.2 Å². The van der Waals surface area contributed by atoms with E-state index in [4.69, 9.17) is 0 Å². The minimum absolute atomic E-state index is 0.306. The quantitative estimate of drug-likeness (QED) is 0.693. The lowest BCUT2D eigenvalue weighted by Crippen LogP contribution is -2.39. The van der Waals surface area contributed by atoms with Crippen LogP contribution in [0.3, 0.4) is 0 Å². The Labute approximate surface area is 159 Å². The molecular formula is C20H24N4O2S. The van der Waals surface area contributed by atoms with E-state index in [0.717, 1.165) is 36.3 Å². The molecule has 0 saturated carbocycles. The zero-order chi connectivity index (χ0) is 19.0. The maximum absolute atomic E-state index is 13.2. The standard InChI is InChI=1S/C20H24N4O2S/c1-15-13-22-16(2)24(15)14-17-8-11-23(12-9-17)27(25,26)19-7-3-5-18-6-4-10-21-20(18)19/h3-7,10,13,17H,8-9,11-12,14H2,1-2H3. The van der Waals surface area contributed by atoms with Crippen LogP contribution in [0.1, 0.15) is 24.4 Å². The summed E-state index contributed by atoms with van der Waals surface area (Å²) in [5.74, 6) is 1.48. The van der Waals surface area contributed by atoms with Crippen molar-refractivity contribution < 1.29 is 8.42 Å². The number of imidazole rings is 1. The highest BCUT2D eigenvalue weighted by molar-refractivity contribution is 7.89. The van der Waals surface area contributed by atoms with Gasteiger partial charge in [0.1, 0.15) is 10.7 Å². The average Bonchev–Trinajstić information content (AvgIpc) is 3.00. The highest BCUT2D eigenvalue weighted by Crippen LogP contribution is 2.28. The van der Waals surface area contributed by atoms with Crippen LogP contribution >= 0.6 is 0 Å². The number of para-hydroxylation sites is 1. The normalized spacial score (nSPS) is 16.8.